The molecule has 0 spiro atoms. The molecule has 0 amide bonds. The fourth-order valence-electron chi connectivity index (χ4n) is 2.48. The summed E-state index contributed by atoms with van der Waals surface area (Å²) in [6, 6.07) is 0. The van der Waals surface area contributed by atoms with Gasteiger partial charge in [-0.05, 0) is 26.7 Å². The first kappa shape index (κ1) is 11.1. The van der Waals surface area contributed by atoms with Crippen molar-refractivity contribution in [3.05, 3.63) is 0 Å². The number of rotatable bonds is 2. The van der Waals surface area contributed by atoms with Crippen molar-refractivity contribution in [1.82, 2.24) is 4.90 Å². The van der Waals surface area contributed by atoms with Crippen LogP contribution in [0.2, 0.25) is 0 Å². The molecule has 0 aliphatic carbocycles. The number of hydrogen-bond donors (Lipinski definition) is 0. The van der Waals surface area contributed by atoms with Crippen molar-refractivity contribution in [2.24, 2.45) is 0 Å². The van der Waals surface area contributed by atoms with E-state index in [9.17, 15) is 4.79 Å². The molecule has 0 saturated carbocycles. The zero-order valence-electron chi connectivity index (χ0n) is 9.79. The van der Waals surface area contributed by atoms with E-state index in [4.69, 9.17) is 4.74 Å². The average Bonchev–Trinajstić information content (AvgIpc) is 2.50. The van der Waals surface area contributed by atoms with Gasteiger partial charge < -0.3 is 4.74 Å². The SMILES string of the molecule is CC1(C)CCC(CN2CCC(=O)CC2)O1. The van der Waals surface area contributed by atoms with E-state index in [0.717, 1.165) is 45.3 Å². The van der Waals surface area contributed by atoms with Crippen LogP contribution in [0.15, 0.2) is 0 Å². The van der Waals surface area contributed by atoms with Gasteiger partial charge in [0.05, 0.1) is 11.7 Å². The standard InChI is InChI=1S/C12H21NO2/c1-12(2)6-3-11(15-12)9-13-7-4-10(14)5-8-13/h11H,3-9H2,1-2H3. The van der Waals surface area contributed by atoms with Crippen LogP contribution >= 0.6 is 0 Å². The molecule has 0 aromatic carbocycles. The Hall–Kier alpha value is -0.410. The number of Topliss-reactive ketones (excluding diaryl/α,β-unsaturated/α-hetero) is 1. The first-order valence-electron chi connectivity index (χ1n) is 5.97. The second-order valence-corrected chi connectivity index (χ2v) is 5.38. The zero-order valence-corrected chi connectivity index (χ0v) is 9.79. The number of likely N-dealkylation sites (tertiary alicyclic amines) is 1. The topological polar surface area (TPSA) is 29.5 Å². The molecule has 2 aliphatic rings. The van der Waals surface area contributed by atoms with Crippen LogP contribution in [0, 0.1) is 0 Å². The van der Waals surface area contributed by atoms with E-state index in [2.05, 4.69) is 18.7 Å². The van der Waals surface area contributed by atoms with E-state index in [1.807, 2.05) is 0 Å². The number of ether oxygens (including phenoxy) is 1. The predicted octanol–water partition coefficient (Wildman–Crippen LogP) is 1.61. The van der Waals surface area contributed by atoms with Crippen LogP contribution in [0.25, 0.3) is 0 Å². The minimum atomic E-state index is 0.0657. The summed E-state index contributed by atoms with van der Waals surface area (Å²) in [7, 11) is 0. The van der Waals surface area contributed by atoms with Gasteiger partial charge in [0.15, 0.2) is 0 Å². The van der Waals surface area contributed by atoms with Gasteiger partial charge >= 0.3 is 0 Å². The van der Waals surface area contributed by atoms with Gasteiger partial charge in [0.2, 0.25) is 0 Å². The molecule has 1 atom stereocenters. The Morgan fingerprint density at radius 3 is 2.60 bits per heavy atom. The number of carbonyl (C=O) groups is 1. The summed E-state index contributed by atoms with van der Waals surface area (Å²) in [4.78, 5) is 13.5. The first-order valence-corrected chi connectivity index (χ1v) is 5.97. The molecule has 2 fully saturated rings. The summed E-state index contributed by atoms with van der Waals surface area (Å²) in [6.07, 6.45) is 4.17. The normalized spacial score (nSPS) is 32.1. The molecule has 2 heterocycles. The molecule has 0 aromatic rings. The first-order chi connectivity index (χ1) is 7.05. The Morgan fingerprint density at radius 1 is 1.40 bits per heavy atom. The molecule has 3 nitrogen and oxygen atoms in total. The maximum atomic E-state index is 11.1. The smallest absolute Gasteiger partial charge is 0.135 e. The van der Waals surface area contributed by atoms with Crippen molar-refractivity contribution >= 4 is 5.78 Å². The monoisotopic (exact) mass is 211 g/mol. The van der Waals surface area contributed by atoms with E-state index in [0.29, 0.717) is 11.9 Å². The highest BCUT2D eigenvalue weighted by Gasteiger charge is 2.32. The Balaban J connectivity index is 1.76. The third-order valence-electron chi connectivity index (χ3n) is 3.43. The highest BCUT2D eigenvalue weighted by Crippen LogP contribution is 2.29. The van der Waals surface area contributed by atoms with Gasteiger partial charge in [-0.25, -0.2) is 0 Å². The van der Waals surface area contributed by atoms with E-state index in [1.165, 1.54) is 0 Å². The average molecular weight is 211 g/mol. The third kappa shape index (κ3) is 3.02. The van der Waals surface area contributed by atoms with Crippen molar-refractivity contribution < 1.29 is 9.53 Å². The van der Waals surface area contributed by atoms with Crippen molar-refractivity contribution in [2.75, 3.05) is 19.6 Å². The molecular formula is C12H21NO2. The number of hydrogen-bond acceptors (Lipinski definition) is 3. The summed E-state index contributed by atoms with van der Waals surface area (Å²) < 4.78 is 5.95. The highest BCUT2D eigenvalue weighted by molar-refractivity contribution is 5.79. The van der Waals surface area contributed by atoms with Crippen molar-refractivity contribution in [3.63, 3.8) is 0 Å². The second-order valence-electron chi connectivity index (χ2n) is 5.38. The molecule has 0 N–H and O–H groups in total. The third-order valence-corrected chi connectivity index (χ3v) is 3.43. The molecule has 2 saturated heterocycles. The van der Waals surface area contributed by atoms with Gasteiger partial charge in [-0.3, -0.25) is 9.69 Å². The Morgan fingerprint density at radius 2 is 2.07 bits per heavy atom. The number of nitrogens with zero attached hydrogens (tertiary/aromatic N) is 1. The van der Waals surface area contributed by atoms with Crippen LogP contribution < -0.4 is 0 Å². The lowest BCUT2D eigenvalue weighted by Crippen LogP contribution is -2.39. The summed E-state index contributed by atoms with van der Waals surface area (Å²) in [5.74, 6) is 0.416. The fourth-order valence-corrected chi connectivity index (χ4v) is 2.48. The van der Waals surface area contributed by atoms with E-state index >= 15 is 0 Å². The molecule has 1 unspecified atom stereocenters. The van der Waals surface area contributed by atoms with Crippen LogP contribution in [-0.2, 0) is 9.53 Å². The maximum Gasteiger partial charge on any atom is 0.135 e. The molecule has 2 aliphatic heterocycles. The Kier molecular flexibility index (Phi) is 3.12. The summed E-state index contributed by atoms with van der Waals surface area (Å²) in [6.45, 7) is 7.19. The molecule has 0 bridgehead atoms. The number of carbonyl (C=O) groups excluding carboxylic acids is 1. The zero-order chi connectivity index (χ0) is 10.9. The lowest BCUT2D eigenvalue weighted by molar-refractivity contribution is -0.122. The largest absolute Gasteiger partial charge is 0.371 e. The summed E-state index contributed by atoms with van der Waals surface area (Å²) in [5, 5.41) is 0. The van der Waals surface area contributed by atoms with Crippen LogP contribution in [0.1, 0.15) is 39.5 Å². The molecule has 2 rings (SSSR count). The van der Waals surface area contributed by atoms with E-state index < -0.39 is 0 Å². The Bertz CT molecular complexity index is 240. The maximum absolute atomic E-state index is 11.1. The molecule has 0 aromatic heterocycles. The second kappa shape index (κ2) is 4.22. The Labute approximate surface area is 91.8 Å². The highest BCUT2D eigenvalue weighted by atomic mass is 16.5. The van der Waals surface area contributed by atoms with Crippen molar-refractivity contribution in [3.8, 4) is 0 Å². The number of ketones is 1. The molecule has 86 valence electrons. The van der Waals surface area contributed by atoms with Crippen LogP contribution in [0.5, 0.6) is 0 Å². The van der Waals surface area contributed by atoms with E-state index in [-0.39, 0.29) is 5.60 Å². The minimum absolute atomic E-state index is 0.0657. The van der Waals surface area contributed by atoms with Crippen LogP contribution in [0.3, 0.4) is 0 Å². The van der Waals surface area contributed by atoms with Gasteiger partial charge in [0, 0.05) is 32.5 Å². The molecular weight excluding hydrogens is 190 g/mol. The van der Waals surface area contributed by atoms with Gasteiger partial charge in [-0.1, -0.05) is 0 Å². The quantitative estimate of drug-likeness (QED) is 0.695. The summed E-state index contributed by atoms with van der Waals surface area (Å²) in [5.41, 5.74) is 0.0657. The van der Waals surface area contributed by atoms with Gasteiger partial charge in [0.1, 0.15) is 5.78 Å². The molecule has 3 heteroatoms. The van der Waals surface area contributed by atoms with Gasteiger partial charge in [-0.15, -0.1) is 0 Å². The van der Waals surface area contributed by atoms with Crippen molar-refractivity contribution in [2.45, 2.75) is 51.2 Å². The lowest BCUT2D eigenvalue weighted by Gasteiger charge is -2.29. The number of piperidine rings is 1. The summed E-state index contributed by atoms with van der Waals surface area (Å²) >= 11 is 0. The predicted molar refractivity (Wildman–Crippen MR) is 58.9 cm³/mol. The fraction of sp³-hybridized carbons (Fsp3) is 0.917. The van der Waals surface area contributed by atoms with Gasteiger partial charge in [0.25, 0.3) is 0 Å². The lowest BCUT2D eigenvalue weighted by atomic mass is 10.0. The molecule has 0 radical (unpaired) electrons. The van der Waals surface area contributed by atoms with Crippen LogP contribution in [0.4, 0.5) is 0 Å². The van der Waals surface area contributed by atoms with Crippen LogP contribution in [-0.4, -0.2) is 42.0 Å². The minimum Gasteiger partial charge on any atom is -0.371 e. The molecule has 15 heavy (non-hydrogen) atoms. The van der Waals surface area contributed by atoms with Gasteiger partial charge in [-0.2, -0.15) is 0 Å². The van der Waals surface area contributed by atoms with E-state index in [1.54, 1.807) is 0 Å². The van der Waals surface area contributed by atoms with Crippen molar-refractivity contribution in [1.29, 1.82) is 0 Å².